The van der Waals surface area contributed by atoms with Crippen LogP contribution >= 0.6 is 0 Å². The summed E-state index contributed by atoms with van der Waals surface area (Å²) in [7, 11) is 0. The van der Waals surface area contributed by atoms with Gasteiger partial charge in [0.2, 0.25) is 0 Å². The van der Waals surface area contributed by atoms with Gasteiger partial charge in [-0.3, -0.25) is 0 Å². The summed E-state index contributed by atoms with van der Waals surface area (Å²) in [5.41, 5.74) is 0. The molecule has 2 heteroatoms. The summed E-state index contributed by atoms with van der Waals surface area (Å²) in [4.78, 5) is 2.23. The van der Waals surface area contributed by atoms with Gasteiger partial charge in [-0.15, -0.1) is 0 Å². The summed E-state index contributed by atoms with van der Waals surface area (Å²) in [5, 5.41) is 0. The van der Waals surface area contributed by atoms with Crippen molar-refractivity contribution in [3.05, 3.63) is 24.4 Å². The molecule has 0 spiro atoms. The summed E-state index contributed by atoms with van der Waals surface area (Å²) in [5.74, 6) is 0. The second kappa shape index (κ2) is 4.97. The third-order valence-electron chi connectivity index (χ3n) is 1.61. The first kappa shape index (κ1) is 8.34. The van der Waals surface area contributed by atoms with Gasteiger partial charge in [0.25, 0.3) is 0 Å². The summed E-state index contributed by atoms with van der Waals surface area (Å²) < 4.78 is 5.24. The van der Waals surface area contributed by atoms with Crippen molar-refractivity contribution in [2.75, 3.05) is 26.3 Å². The first-order valence-electron chi connectivity index (χ1n) is 4.08. The minimum absolute atomic E-state index is 0.813. The monoisotopic (exact) mass is 153 g/mol. The van der Waals surface area contributed by atoms with Crippen LogP contribution in [0, 0.1) is 0 Å². The molecular formula is C9H15NO. The average Bonchev–Trinajstić information content (AvgIpc) is 2.07. The van der Waals surface area contributed by atoms with Crippen LogP contribution in [0.5, 0.6) is 0 Å². The van der Waals surface area contributed by atoms with Gasteiger partial charge in [-0.2, -0.15) is 0 Å². The highest BCUT2D eigenvalue weighted by Crippen LogP contribution is 1.97. The Morgan fingerprint density at radius 1 is 1.45 bits per heavy atom. The molecule has 0 fully saturated rings. The molecule has 0 aliphatic carbocycles. The highest BCUT2D eigenvalue weighted by Gasteiger charge is 1.97. The molecule has 1 aliphatic rings. The molecule has 1 aliphatic heterocycles. The van der Waals surface area contributed by atoms with Gasteiger partial charge in [-0.25, -0.2) is 0 Å². The van der Waals surface area contributed by atoms with Crippen LogP contribution in [0.25, 0.3) is 0 Å². The SMILES string of the molecule is CCOCCN1C=CC=CC1. The molecule has 11 heavy (non-hydrogen) atoms. The van der Waals surface area contributed by atoms with E-state index in [9.17, 15) is 0 Å². The largest absolute Gasteiger partial charge is 0.380 e. The Bertz CT molecular complexity index is 152. The predicted octanol–water partition coefficient (Wildman–Crippen LogP) is 1.41. The van der Waals surface area contributed by atoms with E-state index >= 15 is 0 Å². The van der Waals surface area contributed by atoms with E-state index in [4.69, 9.17) is 4.74 Å². The normalized spacial score (nSPS) is 15.9. The fraction of sp³-hybridized carbons (Fsp3) is 0.556. The van der Waals surface area contributed by atoms with Crippen LogP contribution in [0.2, 0.25) is 0 Å². The van der Waals surface area contributed by atoms with E-state index in [0.29, 0.717) is 0 Å². The van der Waals surface area contributed by atoms with Gasteiger partial charge in [0.15, 0.2) is 0 Å². The van der Waals surface area contributed by atoms with Crippen LogP contribution in [-0.2, 0) is 4.74 Å². The highest BCUT2D eigenvalue weighted by atomic mass is 16.5. The average molecular weight is 153 g/mol. The zero-order valence-corrected chi connectivity index (χ0v) is 6.99. The number of allylic oxidation sites excluding steroid dienone is 2. The molecule has 0 saturated carbocycles. The third-order valence-corrected chi connectivity index (χ3v) is 1.61. The molecule has 0 unspecified atom stereocenters. The summed E-state index contributed by atoms with van der Waals surface area (Å²) in [6.07, 6.45) is 8.36. The Labute approximate surface area is 68.1 Å². The van der Waals surface area contributed by atoms with Crippen molar-refractivity contribution in [1.82, 2.24) is 4.90 Å². The van der Waals surface area contributed by atoms with Gasteiger partial charge in [-0.05, 0) is 19.2 Å². The number of ether oxygens (including phenoxy) is 1. The second-order valence-corrected chi connectivity index (χ2v) is 2.46. The quantitative estimate of drug-likeness (QED) is 0.566. The van der Waals surface area contributed by atoms with Gasteiger partial charge in [0, 0.05) is 19.7 Å². The van der Waals surface area contributed by atoms with Crippen molar-refractivity contribution in [1.29, 1.82) is 0 Å². The third kappa shape index (κ3) is 3.23. The molecule has 2 nitrogen and oxygen atoms in total. The fourth-order valence-electron chi connectivity index (χ4n) is 0.999. The van der Waals surface area contributed by atoms with Gasteiger partial charge in [0.1, 0.15) is 0 Å². The molecule has 0 amide bonds. The number of nitrogens with zero attached hydrogens (tertiary/aromatic N) is 1. The van der Waals surface area contributed by atoms with E-state index in [0.717, 1.165) is 26.3 Å². The maximum atomic E-state index is 5.24. The van der Waals surface area contributed by atoms with Crippen LogP contribution in [-0.4, -0.2) is 31.2 Å². The molecule has 0 radical (unpaired) electrons. The van der Waals surface area contributed by atoms with E-state index in [1.165, 1.54) is 0 Å². The van der Waals surface area contributed by atoms with Crippen molar-refractivity contribution in [2.45, 2.75) is 6.92 Å². The molecule has 0 N–H and O–H groups in total. The first-order chi connectivity index (χ1) is 5.43. The minimum atomic E-state index is 0.813. The Balaban J connectivity index is 2.07. The maximum Gasteiger partial charge on any atom is 0.0641 e. The number of rotatable bonds is 4. The van der Waals surface area contributed by atoms with Crippen molar-refractivity contribution in [3.8, 4) is 0 Å². The zero-order chi connectivity index (χ0) is 7.94. The second-order valence-electron chi connectivity index (χ2n) is 2.46. The highest BCUT2D eigenvalue weighted by molar-refractivity contribution is 5.08. The molecule has 0 bridgehead atoms. The van der Waals surface area contributed by atoms with Crippen LogP contribution < -0.4 is 0 Å². The maximum absolute atomic E-state index is 5.24. The van der Waals surface area contributed by atoms with E-state index in [1.54, 1.807) is 0 Å². The Kier molecular flexibility index (Phi) is 3.76. The molecule has 0 aromatic rings. The predicted molar refractivity (Wildman–Crippen MR) is 46.3 cm³/mol. The lowest BCUT2D eigenvalue weighted by atomic mass is 10.3. The molecule has 0 atom stereocenters. The van der Waals surface area contributed by atoms with E-state index in [2.05, 4.69) is 29.3 Å². The lowest BCUT2D eigenvalue weighted by Crippen LogP contribution is -2.23. The zero-order valence-electron chi connectivity index (χ0n) is 6.99. The van der Waals surface area contributed by atoms with Gasteiger partial charge in [-0.1, -0.05) is 12.2 Å². The molecule has 1 heterocycles. The molecule has 1 rings (SSSR count). The van der Waals surface area contributed by atoms with Gasteiger partial charge in [0.05, 0.1) is 6.61 Å². The lowest BCUT2D eigenvalue weighted by Gasteiger charge is -2.19. The molecule has 0 aromatic carbocycles. The summed E-state index contributed by atoms with van der Waals surface area (Å²) >= 11 is 0. The molecular weight excluding hydrogens is 138 g/mol. The van der Waals surface area contributed by atoms with Crippen molar-refractivity contribution >= 4 is 0 Å². The van der Waals surface area contributed by atoms with E-state index < -0.39 is 0 Å². The topological polar surface area (TPSA) is 12.5 Å². The standard InChI is InChI=1S/C9H15NO/c1-2-11-9-8-10-6-4-3-5-7-10/h3-6H,2,7-9H2,1H3. The van der Waals surface area contributed by atoms with Crippen molar-refractivity contribution < 1.29 is 4.74 Å². The Morgan fingerprint density at radius 3 is 3.00 bits per heavy atom. The summed E-state index contributed by atoms with van der Waals surface area (Å²) in [6, 6.07) is 0. The van der Waals surface area contributed by atoms with Gasteiger partial charge < -0.3 is 9.64 Å². The molecule has 62 valence electrons. The smallest absolute Gasteiger partial charge is 0.0641 e. The first-order valence-corrected chi connectivity index (χ1v) is 4.08. The fourth-order valence-corrected chi connectivity index (χ4v) is 0.999. The lowest BCUT2D eigenvalue weighted by molar-refractivity contribution is 0.130. The molecule has 0 saturated heterocycles. The van der Waals surface area contributed by atoms with E-state index in [1.807, 2.05) is 6.92 Å². The van der Waals surface area contributed by atoms with E-state index in [-0.39, 0.29) is 0 Å². The van der Waals surface area contributed by atoms with Crippen molar-refractivity contribution in [3.63, 3.8) is 0 Å². The van der Waals surface area contributed by atoms with Crippen molar-refractivity contribution in [2.24, 2.45) is 0 Å². The summed E-state index contributed by atoms with van der Waals surface area (Å²) in [6.45, 7) is 5.67. The minimum Gasteiger partial charge on any atom is -0.380 e. The van der Waals surface area contributed by atoms with Crippen LogP contribution in [0.4, 0.5) is 0 Å². The molecule has 0 aromatic heterocycles. The Morgan fingerprint density at radius 2 is 2.36 bits per heavy atom. The number of hydrogen-bond donors (Lipinski definition) is 0. The Hall–Kier alpha value is -0.760. The van der Waals surface area contributed by atoms with Crippen LogP contribution in [0.3, 0.4) is 0 Å². The number of hydrogen-bond acceptors (Lipinski definition) is 2. The van der Waals surface area contributed by atoms with Gasteiger partial charge >= 0.3 is 0 Å². The van der Waals surface area contributed by atoms with Crippen LogP contribution in [0.1, 0.15) is 6.92 Å². The van der Waals surface area contributed by atoms with Crippen LogP contribution in [0.15, 0.2) is 24.4 Å².